The largest absolute Gasteiger partial charge is 0.374 e. The van der Waals surface area contributed by atoms with Crippen LogP contribution in [0.4, 0.5) is 0 Å². The minimum absolute atomic E-state index is 0.325. The second-order valence-corrected chi connectivity index (χ2v) is 4.38. The summed E-state index contributed by atoms with van der Waals surface area (Å²) in [5.41, 5.74) is 1.31. The number of morpholine rings is 1. The maximum absolute atomic E-state index is 5.73. The van der Waals surface area contributed by atoms with Crippen LogP contribution in [0, 0.1) is 0 Å². The molecule has 0 radical (unpaired) electrons. The molecule has 1 aromatic heterocycles. The molecule has 0 amide bonds. The number of pyridine rings is 1. The molecular weight excluding hydrogens is 214 g/mol. The van der Waals surface area contributed by atoms with Gasteiger partial charge in [-0.1, -0.05) is 6.92 Å². The van der Waals surface area contributed by atoms with Crippen molar-refractivity contribution in [2.24, 2.45) is 0 Å². The Kier molecular flexibility index (Phi) is 4.91. The zero-order valence-corrected chi connectivity index (χ0v) is 10.4. The Labute approximate surface area is 103 Å². The molecule has 4 heteroatoms. The lowest BCUT2D eigenvalue weighted by atomic mass is 10.2. The fraction of sp³-hybridized carbons (Fsp3) is 0.615. The molecule has 1 aliphatic heterocycles. The summed E-state index contributed by atoms with van der Waals surface area (Å²) < 4.78 is 5.73. The van der Waals surface area contributed by atoms with E-state index in [2.05, 4.69) is 34.3 Å². The molecule has 0 spiro atoms. The maximum atomic E-state index is 5.73. The molecule has 94 valence electrons. The number of hydrogen-bond acceptors (Lipinski definition) is 4. The molecule has 0 saturated carbocycles. The molecule has 1 saturated heterocycles. The van der Waals surface area contributed by atoms with Crippen LogP contribution in [0.3, 0.4) is 0 Å². The molecule has 1 atom stereocenters. The Morgan fingerprint density at radius 1 is 1.47 bits per heavy atom. The quantitative estimate of drug-likeness (QED) is 0.822. The van der Waals surface area contributed by atoms with Crippen LogP contribution in [-0.4, -0.2) is 48.8 Å². The Hall–Kier alpha value is -0.970. The van der Waals surface area contributed by atoms with E-state index in [0.717, 1.165) is 39.3 Å². The average molecular weight is 235 g/mol. The predicted molar refractivity (Wildman–Crippen MR) is 67.8 cm³/mol. The first-order valence-corrected chi connectivity index (χ1v) is 6.32. The van der Waals surface area contributed by atoms with Crippen LogP contribution >= 0.6 is 0 Å². The smallest absolute Gasteiger partial charge is 0.0826 e. The standard InChI is InChI=1S/C13H21N3O/c1-2-16(10-12-3-5-14-6-4-12)11-13-9-15-7-8-17-13/h3-6,13,15H,2,7-11H2,1H3. The second-order valence-electron chi connectivity index (χ2n) is 4.38. The highest BCUT2D eigenvalue weighted by Crippen LogP contribution is 2.06. The van der Waals surface area contributed by atoms with Crippen LogP contribution in [0.15, 0.2) is 24.5 Å². The van der Waals surface area contributed by atoms with Crippen molar-refractivity contribution in [3.63, 3.8) is 0 Å². The number of aromatic nitrogens is 1. The van der Waals surface area contributed by atoms with Gasteiger partial charge in [0.1, 0.15) is 0 Å². The average Bonchev–Trinajstić information content (AvgIpc) is 2.40. The fourth-order valence-corrected chi connectivity index (χ4v) is 2.08. The minimum atomic E-state index is 0.325. The highest BCUT2D eigenvalue weighted by Gasteiger charge is 2.16. The van der Waals surface area contributed by atoms with Gasteiger partial charge in [-0.05, 0) is 24.2 Å². The van der Waals surface area contributed by atoms with E-state index in [-0.39, 0.29) is 0 Å². The molecule has 0 aromatic carbocycles. The van der Waals surface area contributed by atoms with E-state index >= 15 is 0 Å². The molecule has 1 fully saturated rings. The summed E-state index contributed by atoms with van der Waals surface area (Å²) in [6.07, 6.45) is 4.02. The maximum Gasteiger partial charge on any atom is 0.0826 e. The van der Waals surface area contributed by atoms with Gasteiger partial charge in [-0.15, -0.1) is 0 Å². The van der Waals surface area contributed by atoms with Gasteiger partial charge in [-0.2, -0.15) is 0 Å². The van der Waals surface area contributed by atoms with E-state index in [0.29, 0.717) is 6.10 Å². The molecule has 0 aliphatic carbocycles. The van der Waals surface area contributed by atoms with E-state index in [1.807, 2.05) is 12.4 Å². The number of ether oxygens (including phenoxy) is 1. The molecule has 1 unspecified atom stereocenters. The van der Waals surface area contributed by atoms with Gasteiger partial charge in [-0.3, -0.25) is 9.88 Å². The van der Waals surface area contributed by atoms with Crippen molar-refractivity contribution in [1.82, 2.24) is 15.2 Å². The Morgan fingerprint density at radius 3 is 2.94 bits per heavy atom. The molecule has 2 heterocycles. The van der Waals surface area contributed by atoms with Crippen molar-refractivity contribution in [3.8, 4) is 0 Å². The first-order chi connectivity index (χ1) is 8.38. The van der Waals surface area contributed by atoms with Gasteiger partial charge < -0.3 is 10.1 Å². The van der Waals surface area contributed by atoms with Gasteiger partial charge in [0.2, 0.25) is 0 Å². The van der Waals surface area contributed by atoms with Crippen molar-refractivity contribution in [2.75, 3.05) is 32.8 Å². The van der Waals surface area contributed by atoms with Gasteiger partial charge in [0.25, 0.3) is 0 Å². The summed E-state index contributed by atoms with van der Waals surface area (Å²) in [6, 6.07) is 4.14. The van der Waals surface area contributed by atoms with Gasteiger partial charge in [0.05, 0.1) is 12.7 Å². The summed E-state index contributed by atoms with van der Waals surface area (Å²) in [5, 5.41) is 3.37. The molecule has 2 rings (SSSR count). The van der Waals surface area contributed by atoms with Crippen LogP contribution in [-0.2, 0) is 11.3 Å². The monoisotopic (exact) mass is 235 g/mol. The van der Waals surface area contributed by atoms with Crippen molar-refractivity contribution >= 4 is 0 Å². The molecule has 1 N–H and O–H groups in total. The number of nitrogens with one attached hydrogen (secondary N) is 1. The Balaban J connectivity index is 1.83. The summed E-state index contributed by atoms with van der Waals surface area (Å²) in [6.45, 7) is 7.97. The van der Waals surface area contributed by atoms with Crippen molar-refractivity contribution in [1.29, 1.82) is 0 Å². The highest BCUT2D eigenvalue weighted by molar-refractivity contribution is 5.09. The summed E-state index contributed by atoms with van der Waals surface area (Å²) in [7, 11) is 0. The summed E-state index contributed by atoms with van der Waals surface area (Å²) >= 11 is 0. The van der Waals surface area contributed by atoms with Crippen LogP contribution in [0.5, 0.6) is 0 Å². The fourth-order valence-electron chi connectivity index (χ4n) is 2.08. The van der Waals surface area contributed by atoms with Crippen LogP contribution in [0.2, 0.25) is 0 Å². The van der Waals surface area contributed by atoms with Crippen molar-refractivity contribution in [3.05, 3.63) is 30.1 Å². The third-order valence-corrected chi connectivity index (χ3v) is 3.07. The highest BCUT2D eigenvalue weighted by atomic mass is 16.5. The molecule has 1 aliphatic rings. The second kappa shape index (κ2) is 6.69. The van der Waals surface area contributed by atoms with Crippen LogP contribution in [0.1, 0.15) is 12.5 Å². The Morgan fingerprint density at radius 2 is 2.29 bits per heavy atom. The van der Waals surface area contributed by atoms with Gasteiger partial charge in [-0.25, -0.2) is 0 Å². The summed E-state index contributed by atoms with van der Waals surface area (Å²) in [5.74, 6) is 0. The van der Waals surface area contributed by atoms with Crippen molar-refractivity contribution < 1.29 is 4.74 Å². The lowest BCUT2D eigenvalue weighted by Crippen LogP contribution is -2.45. The third kappa shape index (κ3) is 4.07. The topological polar surface area (TPSA) is 37.4 Å². The van der Waals surface area contributed by atoms with E-state index < -0.39 is 0 Å². The first kappa shape index (κ1) is 12.5. The molecule has 17 heavy (non-hydrogen) atoms. The molecule has 1 aromatic rings. The van der Waals surface area contributed by atoms with Gasteiger partial charge >= 0.3 is 0 Å². The number of nitrogens with zero attached hydrogens (tertiary/aromatic N) is 2. The predicted octanol–water partition coefficient (Wildman–Crippen LogP) is 0.892. The zero-order chi connectivity index (χ0) is 11.9. The SMILES string of the molecule is CCN(Cc1ccncc1)CC1CNCCO1. The Bertz CT molecular complexity index is 312. The van der Waals surface area contributed by atoms with Crippen molar-refractivity contribution in [2.45, 2.75) is 19.6 Å². The van der Waals surface area contributed by atoms with Gasteiger partial charge in [0.15, 0.2) is 0 Å². The molecular formula is C13H21N3O. The van der Waals surface area contributed by atoms with E-state index in [1.54, 1.807) is 0 Å². The zero-order valence-electron chi connectivity index (χ0n) is 10.4. The summed E-state index contributed by atoms with van der Waals surface area (Å²) in [4.78, 5) is 6.45. The molecule has 0 bridgehead atoms. The number of hydrogen-bond donors (Lipinski definition) is 1. The normalized spacial score (nSPS) is 20.7. The third-order valence-electron chi connectivity index (χ3n) is 3.07. The lowest BCUT2D eigenvalue weighted by molar-refractivity contribution is 0.00494. The number of rotatable bonds is 5. The van der Waals surface area contributed by atoms with E-state index in [9.17, 15) is 0 Å². The lowest BCUT2D eigenvalue weighted by Gasteiger charge is -2.29. The minimum Gasteiger partial charge on any atom is -0.374 e. The molecule has 4 nitrogen and oxygen atoms in total. The van der Waals surface area contributed by atoms with Gasteiger partial charge in [0, 0.05) is 38.6 Å². The first-order valence-electron chi connectivity index (χ1n) is 6.32. The van der Waals surface area contributed by atoms with Crippen LogP contribution in [0.25, 0.3) is 0 Å². The van der Waals surface area contributed by atoms with E-state index in [4.69, 9.17) is 4.74 Å². The van der Waals surface area contributed by atoms with E-state index in [1.165, 1.54) is 5.56 Å². The number of likely N-dealkylation sites (N-methyl/N-ethyl adjacent to an activating group) is 1. The van der Waals surface area contributed by atoms with Crippen LogP contribution < -0.4 is 5.32 Å².